The maximum absolute atomic E-state index is 11.1. The molecule has 0 radical (unpaired) electrons. The van der Waals surface area contributed by atoms with Gasteiger partial charge in [0.15, 0.2) is 16.3 Å². The molecule has 7 nitrogen and oxygen atoms in total. The van der Waals surface area contributed by atoms with Crippen LogP contribution in [-0.2, 0) is 13.0 Å². The highest BCUT2D eigenvalue weighted by molar-refractivity contribution is 8.93. The number of aryl methyl sites for hydroxylation is 2. The molecule has 0 aliphatic carbocycles. The Bertz CT molecular complexity index is 1360. The van der Waals surface area contributed by atoms with Gasteiger partial charge < -0.3 is 14.0 Å². The van der Waals surface area contributed by atoms with Gasteiger partial charge in [-0.25, -0.2) is 4.99 Å². The van der Waals surface area contributed by atoms with Crippen molar-refractivity contribution in [3.8, 4) is 22.8 Å². The van der Waals surface area contributed by atoms with Gasteiger partial charge in [-0.15, -0.1) is 28.3 Å². The standard InChI is InChI=1S/C26H25N3O4S.BrH/c1-18-4-9-21(10-5-18)27-26-28(15-14-19-6-13-24(32-2)25(16-19)33-3)23(17-34-26)20-7-11-22(12-8-20)29(30)31;/h4-13,16-17H,14-15H2,1-3H3;1H. The summed E-state index contributed by atoms with van der Waals surface area (Å²) in [5, 5.41) is 13.1. The van der Waals surface area contributed by atoms with E-state index in [0.29, 0.717) is 18.0 Å². The fraction of sp³-hybridized carbons (Fsp3) is 0.192. The lowest BCUT2D eigenvalue weighted by molar-refractivity contribution is -0.384. The maximum atomic E-state index is 11.1. The van der Waals surface area contributed by atoms with Crippen molar-refractivity contribution in [3.63, 3.8) is 0 Å². The predicted octanol–water partition coefficient (Wildman–Crippen LogP) is 6.50. The number of ether oxygens (including phenoxy) is 2. The quantitative estimate of drug-likeness (QED) is 0.183. The van der Waals surface area contributed by atoms with E-state index in [1.54, 1.807) is 37.7 Å². The summed E-state index contributed by atoms with van der Waals surface area (Å²) in [6, 6.07) is 20.6. The van der Waals surface area contributed by atoms with Crippen molar-refractivity contribution in [1.29, 1.82) is 0 Å². The van der Waals surface area contributed by atoms with Crippen LogP contribution in [0.5, 0.6) is 11.5 Å². The second-order valence-electron chi connectivity index (χ2n) is 7.75. The van der Waals surface area contributed by atoms with Gasteiger partial charge in [0.2, 0.25) is 0 Å². The zero-order chi connectivity index (χ0) is 24.1. The molecule has 0 N–H and O–H groups in total. The van der Waals surface area contributed by atoms with Crippen molar-refractivity contribution in [2.45, 2.75) is 19.9 Å². The highest BCUT2D eigenvalue weighted by atomic mass is 79.9. The number of hydrogen-bond acceptors (Lipinski definition) is 6. The van der Waals surface area contributed by atoms with E-state index in [9.17, 15) is 10.1 Å². The highest BCUT2D eigenvalue weighted by Gasteiger charge is 2.12. The molecule has 35 heavy (non-hydrogen) atoms. The number of nitrogens with zero attached hydrogens (tertiary/aromatic N) is 3. The number of nitro benzene ring substituents is 1. The van der Waals surface area contributed by atoms with E-state index in [0.717, 1.165) is 33.7 Å². The molecule has 0 saturated carbocycles. The Balaban J connectivity index is 0.00000342. The van der Waals surface area contributed by atoms with Gasteiger partial charge in [-0.2, -0.15) is 0 Å². The van der Waals surface area contributed by atoms with Gasteiger partial charge in [0, 0.05) is 24.1 Å². The summed E-state index contributed by atoms with van der Waals surface area (Å²) >= 11 is 1.55. The smallest absolute Gasteiger partial charge is 0.269 e. The van der Waals surface area contributed by atoms with E-state index >= 15 is 0 Å². The number of methoxy groups -OCH3 is 2. The Morgan fingerprint density at radius 1 is 0.971 bits per heavy atom. The normalized spacial score (nSPS) is 11.1. The third-order valence-electron chi connectivity index (χ3n) is 5.50. The molecule has 0 atom stereocenters. The topological polar surface area (TPSA) is 78.9 Å². The predicted molar refractivity (Wildman–Crippen MR) is 144 cm³/mol. The van der Waals surface area contributed by atoms with E-state index < -0.39 is 0 Å². The van der Waals surface area contributed by atoms with Crippen molar-refractivity contribution >= 4 is 39.7 Å². The zero-order valence-electron chi connectivity index (χ0n) is 19.6. The summed E-state index contributed by atoms with van der Waals surface area (Å²) in [6.07, 6.45) is 0.748. The number of nitro groups is 1. The SMILES string of the molecule is Br.COc1ccc(CCn2c(-c3ccc([N+](=O)[O-])cc3)csc2=Nc2ccc(C)cc2)cc1OC. The molecule has 182 valence electrons. The highest BCUT2D eigenvalue weighted by Crippen LogP contribution is 2.28. The molecule has 0 spiro atoms. The number of aromatic nitrogens is 1. The fourth-order valence-electron chi connectivity index (χ4n) is 3.63. The number of rotatable bonds is 8. The van der Waals surface area contributed by atoms with E-state index in [2.05, 4.69) is 4.57 Å². The van der Waals surface area contributed by atoms with Crippen LogP contribution in [0.4, 0.5) is 11.4 Å². The van der Waals surface area contributed by atoms with Gasteiger partial charge in [-0.3, -0.25) is 10.1 Å². The molecule has 0 amide bonds. The van der Waals surface area contributed by atoms with Crippen molar-refractivity contribution < 1.29 is 14.4 Å². The number of benzene rings is 3. The largest absolute Gasteiger partial charge is 0.493 e. The van der Waals surface area contributed by atoms with Crippen LogP contribution in [-0.4, -0.2) is 23.7 Å². The van der Waals surface area contributed by atoms with Gasteiger partial charge in [-0.1, -0.05) is 23.8 Å². The molecule has 1 heterocycles. The van der Waals surface area contributed by atoms with Crippen LogP contribution in [0.15, 0.2) is 77.1 Å². The number of thiazole rings is 1. The lowest BCUT2D eigenvalue weighted by Crippen LogP contribution is -2.17. The summed E-state index contributed by atoms with van der Waals surface area (Å²) in [4.78, 5) is 16.4. The molecule has 4 aromatic rings. The van der Waals surface area contributed by atoms with Crippen LogP contribution in [0.25, 0.3) is 11.3 Å². The second-order valence-corrected chi connectivity index (χ2v) is 8.58. The average Bonchev–Trinajstić information content (AvgIpc) is 3.26. The van der Waals surface area contributed by atoms with E-state index in [1.165, 1.54) is 17.7 Å². The minimum absolute atomic E-state index is 0. The molecule has 1 aromatic heterocycles. The Morgan fingerprint density at radius 3 is 2.29 bits per heavy atom. The molecule has 0 unspecified atom stereocenters. The van der Waals surface area contributed by atoms with Gasteiger partial charge in [-0.05, 0) is 60.9 Å². The average molecular weight is 556 g/mol. The molecular weight excluding hydrogens is 530 g/mol. The molecule has 3 aromatic carbocycles. The molecule has 0 fully saturated rings. The maximum Gasteiger partial charge on any atom is 0.269 e. The van der Waals surface area contributed by atoms with E-state index in [-0.39, 0.29) is 27.6 Å². The minimum atomic E-state index is -0.388. The summed E-state index contributed by atoms with van der Waals surface area (Å²) in [7, 11) is 3.24. The summed E-state index contributed by atoms with van der Waals surface area (Å²) in [5.41, 5.74) is 5.10. The number of non-ortho nitro benzene ring substituents is 1. The number of halogens is 1. The lowest BCUT2D eigenvalue weighted by Gasteiger charge is -2.12. The van der Waals surface area contributed by atoms with Crippen LogP contribution in [0.1, 0.15) is 11.1 Å². The fourth-order valence-corrected chi connectivity index (χ4v) is 4.58. The zero-order valence-corrected chi connectivity index (χ0v) is 22.2. The van der Waals surface area contributed by atoms with Crippen LogP contribution in [0, 0.1) is 17.0 Å². The Kier molecular flexibility index (Phi) is 8.84. The molecule has 4 rings (SSSR count). The van der Waals surface area contributed by atoms with Gasteiger partial charge in [0.05, 0.1) is 30.5 Å². The third-order valence-corrected chi connectivity index (χ3v) is 6.37. The summed E-state index contributed by atoms with van der Waals surface area (Å²) in [6.45, 7) is 2.72. The first-order valence-corrected chi connectivity index (χ1v) is 11.6. The number of hydrogen-bond donors (Lipinski definition) is 0. The summed E-state index contributed by atoms with van der Waals surface area (Å²) in [5.74, 6) is 1.38. The van der Waals surface area contributed by atoms with Crippen LogP contribution in [0.3, 0.4) is 0 Å². The van der Waals surface area contributed by atoms with E-state index in [4.69, 9.17) is 14.5 Å². The molecule has 0 bridgehead atoms. The van der Waals surface area contributed by atoms with Gasteiger partial charge in [0.1, 0.15) is 0 Å². The van der Waals surface area contributed by atoms with E-state index in [1.807, 2.05) is 54.8 Å². The third kappa shape index (κ3) is 6.17. The van der Waals surface area contributed by atoms with Crippen LogP contribution >= 0.6 is 28.3 Å². The van der Waals surface area contributed by atoms with Gasteiger partial charge >= 0.3 is 0 Å². The van der Waals surface area contributed by atoms with Crippen LogP contribution < -0.4 is 14.3 Å². The van der Waals surface area contributed by atoms with Crippen molar-refractivity contribution in [2.24, 2.45) is 4.99 Å². The first kappa shape index (κ1) is 26.2. The molecular formula is C26H26BrN3O4S. The first-order valence-electron chi connectivity index (χ1n) is 10.7. The lowest BCUT2D eigenvalue weighted by atomic mass is 10.1. The van der Waals surface area contributed by atoms with Crippen molar-refractivity contribution in [1.82, 2.24) is 4.57 Å². The van der Waals surface area contributed by atoms with Gasteiger partial charge in [0.25, 0.3) is 5.69 Å². The Morgan fingerprint density at radius 2 is 1.66 bits per heavy atom. The van der Waals surface area contributed by atoms with Crippen LogP contribution in [0.2, 0.25) is 0 Å². The minimum Gasteiger partial charge on any atom is -0.493 e. The van der Waals surface area contributed by atoms with Crippen molar-refractivity contribution in [2.75, 3.05) is 14.2 Å². The summed E-state index contributed by atoms with van der Waals surface area (Å²) < 4.78 is 12.9. The first-order chi connectivity index (χ1) is 16.5. The monoisotopic (exact) mass is 555 g/mol. The van der Waals surface area contributed by atoms with Crippen molar-refractivity contribution in [3.05, 3.63) is 98.2 Å². The Labute approximate surface area is 218 Å². The second kappa shape index (κ2) is 11.8. The molecule has 9 heteroatoms. The molecule has 0 aliphatic rings. The Hall–Kier alpha value is -3.43. The molecule has 0 saturated heterocycles. The molecule has 0 aliphatic heterocycles.